The van der Waals surface area contributed by atoms with E-state index in [1.165, 1.54) is 22.5 Å². The first kappa shape index (κ1) is 16.7. The Hall–Kier alpha value is -1.70. The Morgan fingerprint density at radius 1 is 1.27 bits per heavy atom. The lowest BCUT2D eigenvalue weighted by molar-refractivity contribution is -0.137. The van der Waals surface area contributed by atoms with Crippen LogP contribution in [-0.4, -0.2) is 51.6 Å². The molecule has 22 heavy (non-hydrogen) atoms. The van der Waals surface area contributed by atoms with Crippen LogP contribution < -0.4 is 0 Å². The van der Waals surface area contributed by atoms with Gasteiger partial charge in [-0.15, -0.1) is 0 Å². The molecule has 6 nitrogen and oxygen atoms in total. The maximum Gasteiger partial charge on any atom is 0.330 e. The lowest BCUT2D eigenvalue weighted by Gasteiger charge is -2.26. The number of ether oxygens (including phenoxy) is 2. The van der Waals surface area contributed by atoms with Gasteiger partial charge in [0.1, 0.15) is 0 Å². The number of sulfonamides is 1. The maximum atomic E-state index is 12.4. The zero-order valence-electron chi connectivity index (χ0n) is 12.4. The fourth-order valence-electron chi connectivity index (χ4n) is 2.04. The molecule has 2 rings (SSSR count). The van der Waals surface area contributed by atoms with Gasteiger partial charge < -0.3 is 9.47 Å². The van der Waals surface area contributed by atoms with Gasteiger partial charge in [-0.25, -0.2) is 13.2 Å². The summed E-state index contributed by atoms with van der Waals surface area (Å²) in [7, 11) is -3.48. The molecule has 0 atom stereocenters. The summed E-state index contributed by atoms with van der Waals surface area (Å²) in [4.78, 5) is 11.5. The summed E-state index contributed by atoms with van der Waals surface area (Å²) < 4.78 is 36.2. The van der Waals surface area contributed by atoms with Gasteiger partial charge in [0.2, 0.25) is 10.0 Å². The van der Waals surface area contributed by atoms with Crippen molar-refractivity contribution in [2.24, 2.45) is 0 Å². The number of carbonyl (C=O) groups is 1. The summed E-state index contributed by atoms with van der Waals surface area (Å²) in [6.07, 6.45) is 2.90. The molecule has 0 N–H and O–H groups in total. The van der Waals surface area contributed by atoms with Crippen molar-refractivity contribution in [3.8, 4) is 0 Å². The molecule has 0 unspecified atom stereocenters. The number of benzene rings is 1. The smallest absolute Gasteiger partial charge is 0.330 e. The summed E-state index contributed by atoms with van der Waals surface area (Å²) in [6, 6.07) is 6.39. The van der Waals surface area contributed by atoms with Crippen LogP contribution in [0.15, 0.2) is 35.2 Å². The number of nitrogens with zero attached hydrogens (tertiary/aromatic N) is 1. The highest BCUT2D eigenvalue weighted by Gasteiger charge is 2.25. The van der Waals surface area contributed by atoms with Gasteiger partial charge in [0.15, 0.2) is 0 Å². The largest absolute Gasteiger partial charge is 0.463 e. The van der Waals surface area contributed by atoms with Crippen LogP contribution in [0.5, 0.6) is 0 Å². The minimum Gasteiger partial charge on any atom is -0.463 e. The molecule has 0 saturated carbocycles. The van der Waals surface area contributed by atoms with E-state index in [9.17, 15) is 13.2 Å². The molecule has 0 aliphatic carbocycles. The second-order valence-electron chi connectivity index (χ2n) is 4.67. The number of hydrogen-bond donors (Lipinski definition) is 0. The molecule has 0 spiro atoms. The monoisotopic (exact) mass is 325 g/mol. The Bertz CT molecular complexity index is 630. The van der Waals surface area contributed by atoms with Gasteiger partial charge in [0.25, 0.3) is 0 Å². The quantitative estimate of drug-likeness (QED) is 0.602. The average Bonchev–Trinajstić information content (AvgIpc) is 2.54. The summed E-state index contributed by atoms with van der Waals surface area (Å²) in [6.45, 7) is 3.62. The number of morpholine rings is 1. The number of rotatable bonds is 5. The summed E-state index contributed by atoms with van der Waals surface area (Å²) in [5.41, 5.74) is 0.731. The van der Waals surface area contributed by atoms with Gasteiger partial charge in [-0.1, -0.05) is 12.1 Å². The van der Waals surface area contributed by atoms with Crippen molar-refractivity contribution >= 4 is 22.1 Å². The molecule has 0 amide bonds. The molecule has 1 aliphatic heterocycles. The molecule has 0 aromatic heterocycles. The lowest BCUT2D eigenvalue weighted by Crippen LogP contribution is -2.40. The Morgan fingerprint density at radius 3 is 2.50 bits per heavy atom. The van der Waals surface area contributed by atoms with Gasteiger partial charge in [0, 0.05) is 19.2 Å². The Kier molecular flexibility index (Phi) is 5.70. The molecule has 0 radical (unpaired) electrons. The fraction of sp³-hybridized carbons (Fsp3) is 0.400. The van der Waals surface area contributed by atoms with Gasteiger partial charge >= 0.3 is 5.97 Å². The SMILES string of the molecule is CCOC(=O)C=Cc1ccc(S(=O)(=O)N2CCOCC2)cc1. The van der Waals surface area contributed by atoms with Crippen LogP contribution in [0, 0.1) is 0 Å². The van der Waals surface area contributed by atoms with Gasteiger partial charge in [0.05, 0.1) is 24.7 Å². The highest BCUT2D eigenvalue weighted by molar-refractivity contribution is 7.89. The van der Waals surface area contributed by atoms with Gasteiger partial charge in [-0.3, -0.25) is 0 Å². The van der Waals surface area contributed by atoms with E-state index in [2.05, 4.69) is 0 Å². The third kappa shape index (κ3) is 4.16. The van der Waals surface area contributed by atoms with Crippen LogP contribution in [0.1, 0.15) is 12.5 Å². The lowest BCUT2D eigenvalue weighted by atomic mass is 10.2. The second-order valence-corrected chi connectivity index (χ2v) is 6.61. The minimum absolute atomic E-state index is 0.239. The molecule has 1 aliphatic rings. The summed E-state index contributed by atoms with van der Waals surface area (Å²) in [5, 5.41) is 0. The van der Waals surface area contributed by atoms with Crippen LogP contribution in [0.2, 0.25) is 0 Å². The first-order valence-corrected chi connectivity index (χ1v) is 8.51. The van der Waals surface area contributed by atoms with E-state index in [-0.39, 0.29) is 4.90 Å². The third-order valence-corrected chi connectivity index (χ3v) is 5.10. The second kappa shape index (κ2) is 7.53. The first-order chi connectivity index (χ1) is 10.5. The Morgan fingerprint density at radius 2 is 1.91 bits per heavy atom. The van der Waals surface area contributed by atoms with E-state index in [4.69, 9.17) is 9.47 Å². The molecule has 7 heteroatoms. The predicted molar refractivity (Wildman–Crippen MR) is 81.7 cm³/mol. The van der Waals surface area contributed by atoms with Crippen molar-refractivity contribution in [1.82, 2.24) is 4.31 Å². The number of carbonyl (C=O) groups excluding carboxylic acids is 1. The van der Waals surface area contributed by atoms with Crippen molar-refractivity contribution < 1.29 is 22.7 Å². The third-order valence-electron chi connectivity index (χ3n) is 3.19. The fourth-order valence-corrected chi connectivity index (χ4v) is 3.45. The van der Waals surface area contributed by atoms with Gasteiger partial charge in [-0.05, 0) is 30.7 Å². The standard InChI is InChI=1S/C15H19NO5S/c1-2-21-15(17)8-5-13-3-6-14(7-4-13)22(18,19)16-9-11-20-12-10-16/h3-8H,2,9-12H2,1H3. The van der Waals surface area contributed by atoms with Crippen LogP contribution in [0.25, 0.3) is 6.08 Å². The Balaban J connectivity index is 2.09. The van der Waals surface area contributed by atoms with E-state index in [1.54, 1.807) is 25.1 Å². The molecule has 1 saturated heterocycles. The molecule has 1 aromatic carbocycles. The molecule has 120 valence electrons. The normalized spacial score (nSPS) is 16.8. The molecule has 1 aromatic rings. The van der Waals surface area contributed by atoms with Crippen molar-refractivity contribution in [3.05, 3.63) is 35.9 Å². The zero-order valence-corrected chi connectivity index (χ0v) is 13.2. The summed E-state index contributed by atoms with van der Waals surface area (Å²) in [5.74, 6) is -0.424. The molecule has 1 heterocycles. The topological polar surface area (TPSA) is 72.9 Å². The average molecular weight is 325 g/mol. The van der Waals surface area contributed by atoms with Crippen LogP contribution in [0.4, 0.5) is 0 Å². The molecule has 0 bridgehead atoms. The minimum atomic E-state index is -3.48. The Labute approximate surface area is 130 Å². The van der Waals surface area contributed by atoms with E-state index < -0.39 is 16.0 Å². The predicted octanol–water partition coefficient (Wildman–Crippen LogP) is 1.28. The van der Waals surface area contributed by atoms with E-state index in [0.29, 0.717) is 32.9 Å². The summed E-state index contributed by atoms with van der Waals surface area (Å²) >= 11 is 0. The van der Waals surface area contributed by atoms with E-state index >= 15 is 0 Å². The number of esters is 1. The van der Waals surface area contributed by atoms with E-state index in [1.807, 2.05) is 0 Å². The van der Waals surface area contributed by atoms with Crippen molar-refractivity contribution in [2.75, 3.05) is 32.9 Å². The first-order valence-electron chi connectivity index (χ1n) is 7.07. The zero-order chi connectivity index (χ0) is 16.0. The maximum absolute atomic E-state index is 12.4. The van der Waals surface area contributed by atoms with Gasteiger partial charge in [-0.2, -0.15) is 4.31 Å². The highest BCUT2D eigenvalue weighted by atomic mass is 32.2. The van der Waals surface area contributed by atoms with Crippen molar-refractivity contribution in [2.45, 2.75) is 11.8 Å². The van der Waals surface area contributed by atoms with Crippen LogP contribution in [-0.2, 0) is 24.3 Å². The highest BCUT2D eigenvalue weighted by Crippen LogP contribution is 2.18. The molecular weight excluding hydrogens is 306 g/mol. The molecular formula is C15H19NO5S. The van der Waals surface area contributed by atoms with Crippen LogP contribution >= 0.6 is 0 Å². The van der Waals surface area contributed by atoms with E-state index in [0.717, 1.165) is 5.56 Å². The van der Waals surface area contributed by atoms with Crippen LogP contribution in [0.3, 0.4) is 0 Å². The molecule has 1 fully saturated rings. The number of hydrogen-bond acceptors (Lipinski definition) is 5. The van der Waals surface area contributed by atoms with Crippen molar-refractivity contribution in [3.63, 3.8) is 0 Å². The van der Waals surface area contributed by atoms with Crippen molar-refractivity contribution in [1.29, 1.82) is 0 Å².